The fraction of sp³-hybridized carbons (Fsp3) is 0.103. The molecule has 0 aliphatic heterocycles. The normalized spacial score (nSPS) is 12.2. The van der Waals surface area contributed by atoms with Crippen LogP contribution in [-0.2, 0) is 22.2 Å². The smallest absolute Gasteiger partial charge is 0.269 e. The van der Waals surface area contributed by atoms with Gasteiger partial charge in [-0.25, -0.2) is 17.5 Å². The van der Waals surface area contributed by atoms with Gasteiger partial charge in [0.1, 0.15) is 5.82 Å². The number of nitro benzene ring substituents is 1. The molecule has 1 unspecified atom stereocenters. The summed E-state index contributed by atoms with van der Waals surface area (Å²) in [5, 5.41) is 20.6. The lowest BCUT2D eigenvalue weighted by atomic mass is 10.1. The molecular weight excluding hydrogens is 645 g/mol. The third-order valence-corrected chi connectivity index (χ3v) is 9.29. The van der Waals surface area contributed by atoms with Crippen LogP contribution in [0.3, 0.4) is 0 Å². The van der Waals surface area contributed by atoms with E-state index in [9.17, 15) is 22.9 Å². The number of rotatable bonds is 11. The SMILES string of the molecule is O=[N+]([O-])c1ccc(-n2c(SCc3ccc(F)cc3)nnc2C(Cc2ccccc2)NS(=O)(=O)c2ccc(Br)cc2)cc1. The van der Waals surface area contributed by atoms with E-state index in [2.05, 4.69) is 30.8 Å². The van der Waals surface area contributed by atoms with Gasteiger partial charge in [0, 0.05) is 28.0 Å². The second kappa shape index (κ2) is 12.9. The van der Waals surface area contributed by atoms with E-state index in [-0.39, 0.29) is 22.8 Å². The molecule has 13 heteroatoms. The highest BCUT2D eigenvalue weighted by Crippen LogP contribution is 2.31. The van der Waals surface area contributed by atoms with Crippen LogP contribution in [0.2, 0.25) is 0 Å². The predicted molar refractivity (Wildman–Crippen MR) is 161 cm³/mol. The van der Waals surface area contributed by atoms with Crippen molar-refractivity contribution in [1.29, 1.82) is 0 Å². The summed E-state index contributed by atoms with van der Waals surface area (Å²) in [5.74, 6) is 0.385. The molecule has 1 heterocycles. The molecule has 0 aliphatic carbocycles. The second-order valence-electron chi connectivity index (χ2n) is 9.18. The monoisotopic (exact) mass is 667 g/mol. The van der Waals surface area contributed by atoms with E-state index in [1.165, 1.54) is 48.2 Å². The minimum absolute atomic E-state index is 0.0797. The van der Waals surface area contributed by atoms with Crippen molar-refractivity contribution in [1.82, 2.24) is 19.5 Å². The van der Waals surface area contributed by atoms with Crippen molar-refractivity contribution in [3.63, 3.8) is 0 Å². The maximum absolute atomic E-state index is 13.5. The molecule has 0 bridgehead atoms. The predicted octanol–water partition coefficient (Wildman–Crippen LogP) is 6.63. The van der Waals surface area contributed by atoms with Gasteiger partial charge in [0.2, 0.25) is 10.0 Å². The highest BCUT2D eigenvalue weighted by Gasteiger charge is 2.28. The zero-order valence-corrected chi connectivity index (χ0v) is 25.0. The number of nitrogens with one attached hydrogen (secondary N) is 1. The quantitative estimate of drug-likeness (QED) is 0.0953. The number of aromatic nitrogens is 3. The number of thioether (sulfide) groups is 1. The van der Waals surface area contributed by atoms with Crippen LogP contribution in [0.1, 0.15) is 23.0 Å². The molecule has 214 valence electrons. The Morgan fingerprint density at radius 3 is 2.21 bits per heavy atom. The summed E-state index contributed by atoms with van der Waals surface area (Å²) in [6.07, 6.45) is 0.254. The van der Waals surface area contributed by atoms with Crippen molar-refractivity contribution < 1.29 is 17.7 Å². The standard InChI is InChI=1S/C29H23BrFN5O4S2/c30-22-8-16-26(17-9-22)42(39,40)34-27(18-20-4-2-1-3-5-20)28-32-33-29(41-19-21-6-10-23(31)11-7-21)35(28)24-12-14-25(15-13-24)36(37)38/h1-17,27,34H,18-19H2. The Morgan fingerprint density at radius 2 is 1.57 bits per heavy atom. The number of hydrogen-bond donors (Lipinski definition) is 1. The van der Waals surface area contributed by atoms with E-state index in [4.69, 9.17) is 0 Å². The maximum atomic E-state index is 13.5. The molecule has 0 saturated carbocycles. The van der Waals surface area contributed by atoms with E-state index >= 15 is 0 Å². The third kappa shape index (κ3) is 7.10. The van der Waals surface area contributed by atoms with Gasteiger partial charge in [-0.1, -0.05) is 70.2 Å². The zero-order chi connectivity index (χ0) is 29.7. The molecule has 4 aromatic carbocycles. The molecule has 42 heavy (non-hydrogen) atoms. The number of non-ortho nitro benzene ring substituents is 1. The summed E-state index contributed by atoms with van der Waals surface area (Å²) >= 11 is 4.65. The average Bonchev–Trinajstić information content (AvgIpc) is 3.41. The first-order chi connectivity index (χ1) is 20.2. The number of nitro groups is 1. The van der Waals surface area contributed by atoms with Gasteiger partial charge in [-0.05, 0) is 66.1 Å². The van der Waals surface area contributed by atoms with Gasteiger partial charge in [-0.15, -0.1) is 10.2 Å². The molecule has 0 fully saturated rings. The first kappa shape index (κ1) is 29.6. The topological polar surface area (TPSA) is 120 Å². The molecular formula is C29H23BrFN5O4S2. The number of hydrogen-bond acceptors (Lipinski definition) is 7. The van der Waals surface area contributed by atoms with Crippen LogP contribution in [0.25, 0.3) is 5.69 Å². The van der Waals surface area contributed by atoms with E-state index in [0.29, 0.717) is 22.4 Å². The Hall–Kier alpha value is -3.91. The minimum atomic E-state index is -4.00. The first-order valence-corrected chi connectivity index (χ1v) is 15.8. The van der Waals surface area contributed by atoms with Gasteiger partial charge >= 0.3 is 0 Å². The Labute approximate surface area is 254 Å². The number of nitrogens with zero attached hydrogens (tertiary/aromatic N) is 4. The first-order valence-electron chi connectivity index (χ1n) is 12.6. The second-order valence-corrected chi connectivity index (χ2v) is 12.8. The Bertz CT molecular complexity index is 1790. The van der Waals surface area contributed by atoms with Gasteiger partial charge < -0.3 is 0 Å². The van der Waals surface area contributed by atoms with Gasteiger partial charge in [0.05, 0.1) is 15.9 Å². The summed E-state index contributed by atoms with van der Waals surface area (Å²) < 4.78 is 45.7. The lowest BCUT2D eigenvalue weighted by molar-refractivity contribution is -0.384. The summed E-state index contributed by atoms with van der Waals surface area (Å²) in [4.78, 5) is 10.9. The Kier molecular flexibility index (Phi) is 9.12. The number of halogens is 2. The molecule has 1 aromatic heterocycles. The summed E-state index contributed by atoms with van der Waals surface area (Å²) in [5.41, 5.74) is 2.13. The van der Waals surface area contributed by atoms with Crippen LogP contribution in [0, 0.1) is 15.9 Å². The highest BCUT2D eigenvalue weighted by molar-refractivity contribution is 9.10. The lowest BCUT2D eigenvalue weighted by Crippen LogP contribution is -2.32. The van der Waals surface area contributed by atoms with Crippen LogP contribution >= 0.6 is 27.7 Å². The van der Waals surface area contributed by atoms with Crippen LogP contribution in [0.4, 0.5) is 10.1 Å². The molecule has 0 radical (unpaired) electrons. The van der Waals surface area contributed by atoms with Crippen molar-refractivity contribution in [2.75, 3.05) is 0 Å². The Balaban J connectivity index is 1.58. The lowest BCUT2D eigenvalue weighted by Gasteiger charge is -2.20. The Morgan fingerprint density at radius 1 is 0.905 bits per heavy atom. The van der Waals surface area contributed by atoms with Crippen LogP contribution in [-0.4, -0.2) is 28.1 Å². The van der Waals surface area contributed by atoms with Gasteiger partial charge in [-0.2, -0.15) is 0 Å². The van der Waals surface area contributed by atoms with Crippen molar-refractivity contribution in [2.45, 2.75) is 28.3 Å². The van der Waals surface area contributed by atoms with Crippen molar-refractivity contribution in [3.8, 4) is 5.69 Å². The fourth-order valence-electron chi connectivity index (χ4n) is 4.20. The largest absolute Gasteiger partial charge is 0.273 e. The summed E-state index contributed by atoms with van der Waals surface area (Å²) in [6, 6.07) is 26.7. The molecule has 0 saturated heterocycles. The zero-order valence-electron chi connectivity index (χ0n) is 21.8. The van der Waals surface area contributed by atoms with E-state index < -0.39 is 21.0 Å². The highest BCUT2D eigenvalue weighted by atomic mass is 79.9. The third-order valence-electron chi connectivity index (χ3n) is 6.27. The fourth-order valence-corrected chi connectivity index (χ4v) is 6.57. The van der Waals surface area contributed by atoms with Crippen LogP contribution < -0.4 is 4.72 Å². The molecule has 0 amide bonds. The van der Waals surface area contributed by atoms with E-state index in [1.54, 1.807) is 41.0 Å². The molecule has 1 atom stereocenters. The molecule has 5 aromatic rings. The van der Waals surface area contributed by atoms with Gasteiger partial charge in [-0.3, -0.25) is 14.7 Å². The average molecular weight is 669 g/mol. The number of sulfonamides is 1. The van der Waals surface area contributed by atoms with Crippen molar-refractivity contribution in [3.05, 3.63) is 140 Å². The van der Waals surface area contributed by atoms with Crippen molar-refractivity contribution in [2.24, 2.45) is 0 Å². The van der Waals surface area contributed by atoms with Gasteiger partial charge in [0.25, 0.3) is 5.69 Å². The summed E-state index contributed by atoms with van der Waals surface area (Å²) in [6.45, 7) is 0. The summed E-state index contributed by atoms with van der Waals surface area (Å²) in [7, 11) is -4.00. The van der Waals surface area contributed by atoms with Crippen molar-refractivity contribution >= 4 is 43.4 Å². The van der Waals surface area contributed by atoms with Crippen LogP contribution in [0.15, 0.2) is 118 Å². The van der Waals surface area contributed by atoms with Crippen LogP contribution in [0.5, 0.6) is 0 Å². The maximum Gasteiger partial charge on any atom is 0.269 e. The molecule has 9 nitrogen and oxygen atoms in total. The van der Waals surface area contributed by atoms with E-state index in [1.807, 2.05) is 30.3 Å². The molecule has 0 aliphatic rings. The van der Waals surface area contributed by atoms with E-state index in [0.717, 1.165) is 15.6 Å². The molecule has 1 N–H and O–H groups in total. The molecule has 0 spiro atoms. The minimum Gasteiger partial charge on any atom is -0.273 e. The number of benzene rings is 4. The molecule has 5 rings (SSSR count). The van der Waals surface area contributed by atoms with Gasteiger partial charge in [0.15, 0.2) is 11.0 Å².